The van der Waals surface area contributed by atoms with E-state index in [1.165, 1.54) is 24.3 Å². The molecule has 1 N–H and O–H groups in total. The average Bonchev–Trinajstić information content (AvgIpc) is 2.33. The standard InChI is InChI=1S/C13H10F2O2/c14-12-3-1-2-9(13(12)15)8-17-11-6-4-10(16)5-7-11/h1-7,16H,8H2. The maximum Gasteiger partial charge on any atom is 0.165 e. The SMILES string of the molecule is Oc1ccc(OCc2cccc(F)c2F)cc1. The van der Waals surface area contributed by atoms with E-state index in [2.05, 4.69) is 0 Å². The number of hydrogen-bond donors (Lipinski definition) is 1. The molecule has 0 spiro atoms. The topological polar surface area (TPSA) is 29.5 Å². The van der Waals surface area contributed by atoms with Crippen LogP contribution in [0.2, 0.25) is 0 Å². The van der Waals surface area contributed by atoms with Crippen LogP contribution in [0.5, 0.6) is 11.5 Å². The number of phenolic OH excluding ortho intramolecular Hbond substituents is 1. The zero-order valence-electron chi connectivity index (χ0n) is 8.86. The van der Waals surface area contributed by atoms with Gasteiger partial charge in [-0.15, -0.1) is 0 Å². The van der Waals surface area contributed by atoms with Gasteiger partial charge in [-0.05, 0) is 30.3 Å². The molecule has 0 aromatic heterocycles. The summed E-state index contributed by atoms with van der Waals surface area (Å²) in [6, 6.07) is 9.94. The average molecular weight is 236 g/mol. The quantitative estimate of drug-likeness (QED) is 0.886. The first kappa shape index (κ1) is 11.4. The van der Waals surface area contributed by atoms with Crippen LogP contribution in [0.15, 0.2) is 42.5 Å². The molecule has 0 bridgehead atoms. The lowest BCUT2D eigenvalue weighted by molar-refractivity contribution is 0.296. The summed E-state index contributed by atoms with van der Waals surface area (Å²) in [5, 5.41) is 9.06. The molecule has 0 heterocycles. The molecule has 4 heteroatoms. The Morgan fingerprint density at radius 3 is 2.41 bits per heavy atom. The zero-order valence-corrected chi connectivity index (χ0v) is 8.86. The summed E-state index contributed by atoms with van der Waals surface area (Å²) < 4.78 is 31.4. The Morgan fingerprint density at radius 1 is 1.00 bits per heavy atom. The molecule has 2 nitrogen and oxygen atoms in total. The fourth-order valence-corrected chi connectivity index (χ4v) is 1.36. The van der Waals surface area contributed by atoms with Crippen molar-refractivity contribution in [2.75, 3.05) is 0 Å². The van der Waals surface area contributed by atoms with Crippen molar-refractivity contribution in [3.8, 4) is 11.5 Å². The highest BCUT2D eigenvalue weighted by Gasteiger charge is 2.07. The molecule has 0 aliphatic heterocycles. The lowest BCUT2D eigenvalue weighted by Gasteiger charge is -2.07. The molecule has 2 aromatic rings. The van der Waals surface area contributed by atoms with Crippen LogP contribution in [0.25, 0.3) is 0 Å². The van der Waals surface area contributed by atoms with Crippen LogP contribution in [0, 0.1) is 11.6 Å². The third kappa shape index (κ3) is 2.72. The monoisotopic (exact) mass is 236 g/mol. The largest absolute Gasteiger partial charge is 0.508 e. The Morgan fingerprint density at radius 2 is 1.71 bits per heavy atom. The van der Waals surface area contributed by atoms with E-state index in [4.69, 9.17) is 9.84 Å². The Balaban J connectivity index is 2.07. The van der Waals surface area contributed by atoms with Crippen molar-refractivity contribution in [2.45, 2.75) is 6.61 Å². The number of rotatable bonds is 3. The molecule has 0 amide bonds. The highest BCUT2D eigenvalue weighted by molar-refractivity contribution is 5.30. The Bertz CT molecular complexity index is 509. The Labute approximate surface area is 97.1 Å². The molecule has 2 aromatic carbocycles. The van der Waals surface area contributed by atoms with Crippen LogP contribution in [-0.4, -0.2) is 5.11 Å². The van der Waals surface area contributed by atoms with Crippen molar-refractivity contribution in [3.05, 3.63) is 59.7 Å². The predicted octanol–water partition coefficient (Wildman–Crippen LogP) is 3.25. The van der Waals surface area contributed by atoms with Gasteiger partial charge in [0.2, 0.25) is 0 Å². The molecule has 2 rings (SSSR count). The van der Waals surface area contributed by atoms with Gasteiger partial charge in [-0.1, -0.05) is 12.1 Å². The molecular weight excluding hydrogens is 226 g/mol. The molecule has 0 aliphatic carbocycles. The highest BCUT2D eigenvalue weighted by Crippen LogP contribution is 2.18. The molecular formula is C13H10F2O2. The van der Waals surface area contributed by atoms with Crippen molar-refractivity contribution in [2.24, 2.45) is 0 Å². The van der Waals surface area contributed by atoms with E-state index in [1.807, 2.05) is 0 Å². The van der Waals surface area contributed by atoms with Gasteiger partial charge in [0.15, 0.2) is 11.6 Å². The summed E-state index contributed by atoms with van der Waals surface area (Å²) in [4.78, 5) is 0. The lowest BCUT2D eigenvalue weighted by Crippen LogP contribution is -2.00. The van der Waals surface area contributed by atoms with Gasteiger partial charge in [0.25, 0.3) is 0 Å². The van der Waals surface area contributed by atoms with Crippen molar-refractivity contribution < 1.29 is 18.6 Å². The third-order valence-corrected chi connectivity index (χ3v) is 2.26. The highest BCUT2D eigenvalue weighted by atomic mass is 19.2. The minimum absolute atomic E-state index is 0.0611. The third-order valence-electron chi connectivity index (χ3n) is 2.26. The molecule has 88 valence electrons. The lowest BCUT2D eigenvalue weighted by atomic mass is 10.2. The van der Waals surface area contributed by atoms with Crippen molar-refractivity contribution in [1.82, 2.24) is 0 Å². The number of halogens is 2. The summed E-state index contributed by atoms with van der Waals surface area (Å²) in [5.41, 5.74) is 0.151. The first-order chi connectivity index (χ1) is 8.16. The van der Waals surface area contributed by atoms with Gasteiger partial charge in [-0.25, -0.2) is 8.78 Å². The second-order valence-electron chi connectivity index (χ2n) is 3.50. The number of phenols is 1. The summed E-state index contributed by atoms with van der Waals surface area (Å²) in [6.45, 7) is -0.0611. The second-order valence-corrected chi connectivity index (χ2v) is 3.50. The fourth-order valence-electron chi connectivity index (χ4n) is 1.36. The van der Waals surface area contributed by atoms with E-state index in [0.717, 1.165) is 6.07 Å². The van der Waals surface area contributed by atoms with Crippen molar-refractivity contribution >= 4 is 0 Å². The molecule has 0 atom stereocenters. The van der Waals surface area contributed by atoms with E-state index in [1.54, 1.807) is 12.1 Å². The number of aromatic hydroxyl groups is 1. The number of benzene rings is 2. The van der Waals surface area contributed by atoms with Gasteiger partial charge in [0, 0.05) is 5.56 Å². The molecule has 0 aliphatic rings. The van der Waals surface area contributed by atoms with Crippen LogP contribution < -0.4 is 4.74 Å². The summed E-state index contributed by atoms with van der Waals surface area (Å²) >= 11 is 0. The van der Waals surface area contributed by atoms with E-state index < -0.39 is 11.6 Å². The molecule has 17 heavy (non-hydrogen) atoms. The van der Waals surface area contributed by atoms with Crippen LogP contribution >= 0.6 is 0 Å². The summed E-state index contributed by atoms with van der Waals surface area (Å²) in [7, 11) is 0. The fraction of sp³-hybridized carbons (Fsp3) is 0.0769. The smallest absolute Gasteiger partial charge is 0.165 e. The van der Waals surface area contributed by atoms with Crippen molar-refractivity contribution in [3.63, 3.8) is 0 Å². The van der Waals surface area contributed by atoms with E-state index in [-0.39, 0.29) is 17.9 Å². The zero-order chi connectivity index (χ0) is 12.3. The van der Waals surface area contributed by atoms with Gasteiger partial charge >= 0.3 is 0 Å². The van der Waals surface area contributed by atoms with Crippen LogP contribution in [0.4, 0.5) is 8.78 Å². The van der Waals surface area contributed by atoms with Gasteiger partial charge in [-0.2, -0.15) is 0 Å². The Hall–Kier alpha value is -2.10. The number of ether oxygens (including phenoxy) is 1. The van der Waals surface area contributed by atoms with E-state index in [9.17, 15) is 8.78 Å². The van der Waals surface area contributed by atoms with Gasteiger partial charge < -0.3 is 9.84 Å². The molecule has 0 unspecified atom stereocenters. The summed E-state index contributed by atoms with van der Waals surface area (Å²) in [5.74, 6) is -1.19. The number of hydrogen-bond acceptors (Lipinski definition) is 2. The maximum atomic E-state index is 13.3. The molecule has 0 saturated carbocycles. The van der Waals surface area contributed by atoms with Crippen LogP contribution in [0.3, 0.4) is 0 Å². The van der Waals surface area contributed by atoms with Gasteiger partial charge in [0.1, 0.15) is 18.1 Å². The molecule has 0 radical (unpaired) electrons. The van der Waals surface area contributed by atoms with E-state index >= 15 is 0 Å². The van der Waals surface area contributed by atoms with E-state index in [0.29, 0.717) is 5.75 Å². The Kier molecular flexibility index (Phi) is 3.23. The van der Waals surface area contributed by atoms with Gasteiger partial charge in [0.05, 0.1) is 0 Å². The minimum atomic E-state index is -0.897. The van der Waals surface area contributed by atoms with Crippen LogP contribution in [-0.2, 0) is 6.61 Å². The van der Waals surface area contributed by atoms with Crippen LogP contribution in [0.1, 0.15) is 5.56 Å². The van der Waals surface area contributed by atoms with Gasteiger partial charge in [-0.3, -0.25) is 0 Å². The predicted molar refractivity (Wildman–Crippen MR) is 58.8 cm³/mol. The minimum Gasteiger partial charge on any atom is -0.508 e. The first-order valence-electron chi connectivity index (χ1n) is 5.01. The summed E-state index contributed by atoms with van der Waals surface area (Å²) in [6.07, 6.45) is 0. The molecule has 0 fully saturated rings. The van der Waals surface area contributed by atoms with Crippen molar-refractivity contribution in [1.29, 1.82) is 0 Å². The first-order valence-corrected chi connectivity index (χ1v) is 5.01. The normalized spacial score (nSPS) is 10.2. The maximum absolute atomic E-state index is 13.3. The molecule has 0 saturated heterocycles. The second kappa shape index (κ2) is 4.82.